The standard InChI is InChI=1S/C27H35N5O4S/c1-36-26-10-9-22(17-24(26)20-31-15-11-28-21-31)19-30-13-6-14-32(37(2,34)35)25(18-27(33)29-12-16-30)23-7-4-3-5-8-23/h3-5,7-11,15,17,21,25H,6,12-14,16,18-20H2,1-2H3,(H,29,33). The molecule has 198 valence electrons. The zero-order valence-corrected chi connectivity index (χ0v) is 22.2. The minimum Gasteiger partial charge on any atom is -0.496 e. The highest BCUT2D eigenvalue weighted by molar-refractivity contribution is 7.88. The zero-order chi connectivity index (χ0) is 26.3. The molecule has 2 aromatic carbocycles. The molecule has 0 saturated carbocycles. The van der Waals surface area contributed by atoms with Gasteiger partial charge in [0.1, 0.15) is 5.75 Å². The summed E-state index contributed by atoms with van der Waals surface area (Å²) in [6.07, 6.45) is 7.41. The molecule has 1 aliphatic heterocycles. The number of ether oxygens (including phenoxy) is 1. The van der Waals surface area contributed by atoms with E-state index < -0.39 is 16.1 Å². The van der Waals surface area contributed by atoms with Crippen LogP contribution in [0.15, 0.2) is 67.3 Å². The van der Waals surface area contributed by atoms with E-state index in [-0.39, 0.29) is 12.3 Å². The number of amides is 1. The average molecular weight is 526 g/mol. The van der Waals surface area contributed by atoms with E-state index in [1.165, 1.54) is 10.6 Å². The maximum atomic E-state index is 12.8. The molecule has 2 heterocycles. The summed E-state index contributed by atoms with van der Waals surface area (Å²) in [5.74, 6) is 0.661. The average Bonchev–Trinajstić information content (AvgIpc) is 3.37. The van der Waals surface area contributed by atoms with Crippen molar-refractivity contribution < 1.29 is 17.9 Å². The summed E-state index contributed by atoms with van der Waals surface area (Å²) in [6.45, 7) is 3.54. The van der Waals surface area contributed by atoms with Gasteiger partial charge in [-0.2, -0.15) is 4.31 Å². The Morgan fingerprint density at radius 2 is 1.89 bits per heavy atom. The highest BCUT2D eigenvalue weighted by Gasteiger charge is 2.30. The Morgan fingerprint density at radius 3 is 2.59 bits per heavy atom. The molecule has 1 amide bonds. The van der Waals surface area contributed by atoms with E-state index in [0.717, 1.165) is 22.4 Å². The first kappa shape index (κ1) is 26.8. The first-order valence-corrected chi connectivity index (χ1v) is 14.3. The number of carbonyl (C=O) groups is 1. The lowest BCUT2D eigenvalue weighted by Crippen LogP contribution is -2.38. The first-order chi connectivity index (χ1) is 17.8. The fourth-order valence-electron chi connectivity index (χ4n) is 4.82. The maximum absolute atomic E-state index is 12.8. The van der Waals surface area contributed by atoms with Gasteiger partial charge in [0.15, 0.2) is 0 Å². The summed E-state index contributed by atoms with van der Waals surface area (Å²) in [6, 6.07) is 15.0. The van der Waals surface area contributed by atoms with Gasteiger partial charge in [0.25, 0.3) is 0 Å². The highest BCUT2D eigenvalue weighted by atomic mass is 32.2. The van der Waals surface area contributed by atoms with Crippen LogP contribution in [0.1, 0.15) is 35.6 Å². The smallest absolute Gasteiger partial charge is 0.222 e. The number of carbonyl (C=O) groups excluding carboxylic acids is 1. The Labute approximate surface area is 219 Å². The second kappa shape index (κ2) is 12.4. The maximum Gasteiger partial charge on any atom is 0.222 e. The number of hydrogen-bond acceptors (Lipinski definition) is 6. The highest BCUT2D eigenvalue weighted by Crippen LogP contribution is 2.28. The van der Waals surface area contributed by atoms with Gasteiger partial charge in [-0.15, -0.1) is 0 Å². The van der Waals surface area contributed by atoms with Crippen LogP contribution in [0.25, 0.3) is 0 Å². The van der Waals surface area contributed by atoms with Crippen LogP contribution in [0, 0.1) is 0 Å². The fraction of sp³-hybridized carbons (Fsp3) is 0.407. The van der Waals surface area contributed by atoms with Gasteiger partial charge in [-0.1, -0.05) is 36.4 Å². The van der Waals surface area contributed by atoms with Crippen molar-refractivity contribution in [3.8, 4) is 5.75 Å². The molecule has 9 nitrogen and oxygen atoms in total. The molecule has 1 saturated heterocycles. The van der Waals surface area contributed by atoms with Crippen LogP contribution in [0.5, 0.6) is 5.75 Å². The summed E-state index contributed by atoms with van der Waals surface area (Å²) >= 11 is 0. The number of nitrogens with zero attached hydrogens (tertiary/aromatic N) is 4. The Morgan fingerprint density at radius 1 is 1.08 bits per heavy atom. The topological polar surface area (TPSA) is 96.8 Å². The Balaban J connectivity index is 1.51. The van der Waals surface area contributed by atoms with Crippen LogP contribution >= 0.6 is 0 Å². The van der Waals surface area contributed by atoms with Crippen LogP contribution in [0.3, 0.4) is 0 Å². The number of nitrogens with one attached hydrogen (secondary N) is 1. The van der Waals surface area contributed by atoms with Gasteiger partial charge in [0, 0.05) is 50.6 Å². The number of sulfonamides is 1. The number of imidazole rings is 1. The normalized spacial score (nSPS) is 18.6. The van der Waals surface area contributed by atoms with E-state index in [1.807, 2.05) is 53.2 Å². The number of benzene rings is 2. The third-order valence-corrected chi connectivity index (χ3v) is 7.89. The summed E-state index contributed by atoms with van der Waals surface area (Å²) < 4.78 is 34.6. The number of aromatic nitrogens is 2. The van der Waals surface area contributed by atoms with Crippen LogP contribution < -0.4 is 10.1 Å². The predicted octanol–water partition coefficient (Wildman–Crippen LogP) is 2.65. The van der Waals surface area contributed by atoms with Crippen molar-refractivity contribution in [3.63, 3.8) is 0 Å². The summed E-state index contributed by atoms with van der Waals surface area (Å²) in [4.78, 5) is 19.2. The van der Waals surface area contributed by atoms with Crippen molar-refractivity contribution in [2.45, 2.75) is 32.0 Å². The van der Waals surface area contributed by atoms with Gasteiger partial charge in [-0.3, -0.25) is 9.69 Å². The number of hydrogen-bond donors (Lipinski definition) is 1. The van der Waals surface area contributed by atoms with Crippen LogP contribution in [-0.2, 0) is 27.9 Å². The molecule has 37 heavy (non-hydrogen) atoms. The van der Waals surface area contributed by atoms with Gasteiger partial charge in [0.2, 0.25) is 15.9 Å². The van der Waals surface area contributed by atoms with Gasteiger partial charge in [-0.05, 0) is 36.2 Å². The minimum absolute atomic E-state index is 0.0904. The lowest BCUT2D eigenvalue weighted by atomic mass is 10.0. The van der Waals surface area contributed by atoms with Crippen molar-refractivity contribution in [3.05, 3.63) is 83.9 Å². The predicted molar refractivity (Wildman–Crippen MR) is 143 cm³/mol. The molecule has 1 unspecified atom stereocenters. The van der Waals surface area contributed by atoms with Crippen molar-refractivity contribution in [2.75, 3.05) is 39.5 Å². The molecule has 1 fully saturated rings. The summed E-state index contributed by atoms with van der Waals surface area (Å²) in [7, 11) is -1.86. The molecule has 1 aromatic heterocycles. The Kier molecular flexibility index (Phi) is 8.96. The number of methoxy groups -OCH3 is 1. The molecule has 10 heteroatoms. The molecule has 0 radical (unpaired) electrons. The van der Waals surface area contributed by atoms with Crippen LogP contribution in [0.2, 0.25) is 0 Å². The quantitative estimate of drug-likeness (QED) is 0.510. The SMILES string of the molecule is COc1ccc(CN2CCCN(S(C)(=O)=O)C(c3ccccc3)CC(=O)NCC2)cc1Cn1ccnc1. The van der Waals surface area contributed by atoms with Crippen molar-refractivity contribution >= 4 is 15.9 Å². The third-order valence-electron chi connectivity index (χ3n) is 6.60. The largest absolute Gasteiger partial charge is 0.496 e. The van der Waals surface area contributed by atoms with E-state index in [2.05, 4.69) is 21.3 Å². The van der Waals surface area contributed by atoms with Crippen molar-refractivity contribution in [2.24, 2.45) is 0 Å². The molecule has 4 rings (SSSR count). The van der Waals surface area contributed by atoms with Gasteiger partial charge in [0.05, 0.1) is 32.3 Å². The molecule has 0 bridgehead atoms. The van der Waals surface area contributed by atoms with Crippen molar-refractivity contribution in [1.82, 2.24) is 24.1 Å². The minimum atomic E-state index is -3.53. The van der Waals surface area contributed by atoms with E-state index >= 15 is 0 Å². The van der Waals surface area contributed by atoms with Gasteiger partial charge in [-0.25, -0.2) is 13.4 Å². The number of rotatable bonds is 7. The Bertz CT molecular complexity index is 1270. The molecule has 3 aromatic rings. The second-order valence-corrected chi connectivity index (χ2v) is 11.3. The van der Waals surface area contributed by atoms with E-state index in [4.69, 9.17) is 4.74 Å². The van der Waals surface area contributed by atoms with E-state index in [9.17, 15) is 13.2 Å². The fourth-order valence-corrected chi connectivity index (χ4v) is 5.94. The molecular weight excluding hydrogens is 490 g/mol. The van der Waals surface area contributed by atoms with Crippen LogP contribution in [0.4, 0.5) is 0 Å². The molecule has 1 N–H and O–H groups in total. The Hall–Kier alpha value is -3.21. The third kappa shape index (κ3) is 7.41. The van der Waals surface area contributed by atoms with Crippen molar-refractivity contribution in [1.29, 1.82) is 0 Å². The molecular formula is C27H35N5O4S. The molecule has 1 aliphatic rings. The summed E-state index contributed by atoms with van der Waals surface area (Å²) in [5, 5.41) is 2.99. The monoisotopic (exact) mass is 525 g/mol. The van der Waals surface area contributed by atoms with E-state index in [0.29, 0.717) is 45.7 Å². The second-order valence-electron chi connectivity index (χ2n) is 9.37. The van der Waals surface area contributed by atoms with Gasteiger partial charge < -0.3 is 14.6 Å². The first-order valence-electron chi connectivity index (χ1n) is 12.5. The molecule has 1 atom stereocenters. The summed E-state index contributed by atoms with van der Waals surface area (Å²) in [5.41, 5.74) is 3.00. The van der Waals surface area contributed by atoms with E-state index in [1.54, 1.807) is 19.6 Å². The zero-order valence-electron chi connectivity index (χ0n) is 21.4. The molecule has 0 spiro atoms. The van der Waals surface area contributed by atoms with Gasteiger partial charge >= 0.3 is 0 Å². The molecule has 0 aliphatic carbocycles. The lowest BCUT2D eigenvalue weighted by Gasteiger charge is -2.30. The van der Waals surface area contributed by atoms with Crippen LogP contribution in [-0.4, -0.2) is 72.6 Å². The lowest BCUT2D eigenvalue weighted by molar-refractivity contribution is -0.122.